The minimum atomic E-state index is -0.172. The van der Waals surface area contributed by atoms with E-state index < -0.39 is 0 Å². The Morgan fingerprint density at radius 2 is 2.00 bits per heavy atom. The average molecular weight is 295 g/mol. The molecule has 2 aromatic rings. The molecule has 1 aromatic carbocycles. The van der Waals surface area contributed by atoms with E-state index in [4.69, 9.17) is 0 Å². The van der Waals surface area contributed by atoms with Crippen LogP contribution in [0.5, 0.6) is 0 Å². The molecule has 4 heteroatoms. The molecule has 0 saturated heterocycles. The second-order valence-corrected chi connectivity index (χ2v) is 5.90. The number of carbonyl (C=O) groups excluding carboxylic acids is 1. The van der Waals surface area contributed by atoms with Crippen LogP contribution in [0.1, 0.15) is 24.0 Å². The van der Waals surface area contributed by atoms with Crippen LogP contribution in [0, 0.1) is 12.8 Å². The van der Waals surface area contributed by atoms with Gasteiger partial charge in [0.2, 0.25) is 0 Å². The highest BCUT2D eigenvalue weighted by atomic mass is 16.2. The van der Waals surface area contributed by atoms with E-state index >= 15 is 0 Å². The van der Waals surface area contributed by atoms with Gasteiger partial charge in [-0.1, -0.05) is 36.4 Å². The predicted octanol–water partition coefficient (Wildman–Crippen LogP) is 3.53. The first-order chi connectivity index (χ1) is 10.7. The fraction of sp³-hybridized carbons (Fsp3) is 0.333. The van der Waals surface area contributed by atoms with E-state index in [-0.39, 0.29) is 12.1 Å². The van der Waals surface area contributed by atoms with E-state index in [1.165, 1.54) is 18.4 Å². The second-order valence-electron chi connectivity index (χ2n) is 5.90. The minimum Gasteiger partial charge on any atom is -0.334 e. The molecule has 0 radical (unpaired) electrons. The number of aryl methyl sites for hydroxylation is 1. The van der Waals surface area contributed by atoms with Gasteiger partial charge in [-0.25, -0.2) is 9.78 Å². The number of hydrogen-bond donors (Lipinski definition) is 2. The monoisotopic (exact) mass is 295 g/mol. The molecule has 4 nitrogen and oxygen atoms in total. The van der Waals surface area contributed by atoms with Gasteiger partial charge in [-0.05, 0) is 49.3 Å². The van der Waals surface area contributed by atoms with Crippen molar-refractivity contribution >= 4 is 11.8 Å². The Kier molecular flexibility index (Phi) is 4.37. The lowest BCUT2D eigenvalue weighted by atomic mass is 10.0. The summed E-state index contributed by atoms with van der Waals surface area (Å²) in [6.45, 7) is 1.94. The molecule has 1 saturated carbocycles. The zero-order chi connectivity index (χ0) is 15.4. The Hall–Kier alpha value is -2.36. The molecule has 1 aliphatic rings. The standard InChI is InChI=1S/C18H21N3O/c1-13-6-5-11-19-17(13)21-18(22)20-16(15-9-10-15)12-14-7-3-2-4-8-14/h2-8,11,15-16H,9-10,12H2,1H3,(H2,19,20,21,22). The number of rotatable bonds is 5. The summed E-state index contributed by atoms with van der Waals surface area (Å²) in [6.07, 6.45) is 4.95. The topological polar surface area (TPSA) is 54.0 Å². The maximum Gasteiger partial charge on any atom is 0.320 e. The van der Waals surface area contributed by atoms with E-state index in [1.807, 2.05) is 37.3 Å². The van der Waals surface area contributed by atoms with E-state index in [1.54, 1.807) is 6.20 Å². The molecule has 3 rings (SSSR count). The zero-order valence-electron chi connectivity index (χ0n) is 12.8. The maximum atomic E-state index is 12.2. The minimum absolute atomic E-state index is 0.172. The summed E-state index contributed by atoms with van der Waals surface area (Å²) in [5, 5.41) is 5.96. The summed E-state index contributed by atoms with van der Waals surface area (Å²) in [7, 11) is 0. The molecule has 2 N–H and O–H groups in total. The van der Waals surface area contributed by atoms with Crippen LogP contribution >= 0.6 is 0 Å². The Morgan fingerprint density at radius 3 is 2.68 bits per heavy atom. The van der Waals surface area contributed by atoms with Crippen molar-refractivity contribution in [1.82, 2.24) is 10.3 Å². The molecule has 1 unspecified atom stereocenters. The third-order valence-electron chi connectivity index (χ3n) is 4.05. The smallest absolute Gasteiger partial charge is 0.320 e. The number of anilines is 1. The fourth-order valence-corrected chi connectivity index (χ4v) is 2.63. The van der Waals surface area contributed by atoms with Gasteiger partial charge in [-0.3, -0.25) is 5.32 Å². The summed E-state index contributed by atoms with van der Waals surface area (Å²) in [4.78, 5) is 16.4. The molecule has 22 heavy (non-hydrogen) atoms. The highest BCUT2D eigenvalue weighted by Crippen LogP contribution is 2.34. The average Bonchev–Trinajstić information content (AvgIpc) is 3.35. The lowest BCUT2D eigenvalue weighted by Gasteiger charge is -2.19. The van der Waals surface area contributed by atoms with Crippen LogP contribution in [0.15, 0.2) is 48.7 Å². The molecule has 1 aliphatic carbocycles. The molecular formula is C18H21N3O. The van der Waals surface area contributed by atoms with Gasteiger partial charge >= 0.3 is 6.03 Å². The Balaban J connectivity index is 1.61. The van der Waals surface area contributed by atoms with E-state index in [9.17, 15) is 4.79 Å². The quantitative estimate of drug-likeness (QED) is 0.886. The lowest BCUT2D eigenvalue weighted by molar-refractivity contribution is 0.246. The molecule has 0 bridgehead atoms. The van der Waals surface area contributed by atoms with Crippen LogP contribution in [0.25, 0.3) is 0 Å². The van der Waals surface area contributed by atoms with Crippen LogP contribution in [-0.2, 0) is 6.42 Å². The maximum absolute atomic E-state index is 12.2. The SMILES string of the molecule is Cc1cccnc1NC(=O)NC(Cc1ccccc1)C1CC1. The van der Waals surface area contributed by atoms with Gasteiger partial charge in [-0.2, -0.15) is 0 Å². The van der Waals surface area contributed by atoms with Crippen LogP contribution in [-0.4, -0.2) is 17.1 Å². The third kappa shape index (κ3) is 3.85. The van der Waals surface area contributed by atoms with Gasteiger partial charge in [0.25, 0.3) is 0 Å². The fourth-order valence-electron chi connectivity index (χ4n) is 2.63. The summed E-state index contributed by atoms with van der Waals surface area (Å²) in [5.74, 6) is 1.21. The van der Waals surface area contributed by atoms with Crippen molar-refractivity contribution in [1.29, 1.82) is 0 Å². The molecule has 2 amide bonds. The van der Waals surface area contributed by atoms with E-state index in [0.29, 0.717) is 11.7 Å². The first-order valence-electron chi connectivity index (χ1n) is 7.75. The Labute approximate surface area is 131 Å². The third-order valence-corrected chi connectivity index (χ3v) is 4.05. The van der Waals surface area contributed by atoms with Gasteiger partial charge in [0.15, 0.2) is 0 Å². The van der Waals surface area contributed by atoms with Crippen molar-refractivity contribution in [2.75, 3.05) is 5.32 Å². The van der Waals surface area contributed by atoms with Gasteiger partial charge in [-0.15, -0.1) is 0 Å². The molecular weight excluding hydrogens is 274 g/mol. The van der Waals surface area contributed by atoms with Gasteiger partial charge < -0.3 is 5.32 Å². The number of nitrogens with one attached hydrogen (secondary N) is 2. The Morgan fingerprint density at radius 1 is 1.23 bits per heavy atom. The van der Waals surface area contributed by atoms with Crippen LogP contribution in [0.3, 0.4) is 0 Å². The number of amides is 2. The van der Waals surface area contributed by atoms with Crippen molar-refractivity contribution in [3.63, 3.8) is 0 Å². The first-order valence-corrected chi connectivity index (χ1v) is 7.75. The van der Waals surface area contributed by atoms with Crippen LogP contribution in [0.2, 0.25) is 0 Å². The molecule has 114 valence electrons. The normalized spacial score (nSPS) is 15.1. The first kappa shape index (κ1) is 14.6. The van der Waals surface area contributed by atoms with Crippen molar-refractivity contribution in [2.24, 2.45) is 5.92 Å². The molecule has 0 aliphatic heterocycles. The molecule has 1 atom stereocenters. The molecule has 0 spiro atoms. The van der Waals surface area contributed by atoms with Gasteiger partial charge in [0, 0.05) is 12.2 Å². The number of benzene rings is 1. The zero-order valence-corrected chi connectivity index (χ0v) is 12.8. The van der Waals surface area contributed by atoms with E-state index in [0.717, 1.165) is 12.0 Å². The van der Waals surface area contributed by atoms with Crippen LogP contribution < -0.4 is 10.6 Å². The number of urea groups is 1. The van der Waals surface area contributed by atoms with Gasteiger partial charge in [0.1, 0.15) is 5.82 Å². The predicted molar refractivity (Wildman–Crippen MR) is 87.8 cm³/mol. The molecule has 1 heterocycles. The summed E-state index contributed by atoms with van der Waals surface area (Å²) >= 11 is 0. The Bertz CT molecular complexity index is 638. The second kappa shape index (κ2) is 6.60. The largest absolute Gasteiger partial charge is 0.334 e. The van der Waals surface area contributed by atoms with Crippen molar-refractivity contribution < 1.29 is 4.79 Å². The van der Waals surface area contributed by atoms with Crippen LogP contribution in [0.4, 0.5) is 10.6 Å². The number of carbonyl (C=O) groups is 1. The highest BCUT2D eigenvalue weighted by Gasteiger charge is 2.32. The number of hydrogen-bond acceptors (Lipinski definition) is 2. The molecule has 1 fully saturated rings. The van der Waals surface area contributed by atoms with Gasteiger partial charge in [0.05, 0.1) is 0 Å². The lowest BCUT2D eigenvalue weighted by Crippen LogP contribution is -2.41. The highest BCUT2D eigenvalue weighted by molar-refractivity contribution is 5.89. The van der Waals surface area contributed by atoms with Crippen molar-refractivity contribution in [3.05, 3.63) is 59.8 Å². The summed E-state index contributed by atoms with van der Waals surface area (Å²) < 4.78 is 0. The summed E-state index contributed by atoms with van der Waals surface area (Å²) in [6, 6.07) is 14.1. The van der Waals surface area contributed by atoms with Crippen molar-refractivity contribution in [2.45, 2.75) is 32.2 Å². The van der Waals surface area contributed by atoms with E-state index in [2.05, 4.69) is 27.8 Å². The summed E-state index contributed by atoms with van der Waals surface area (Å²) in [5.41, 5.74) is 2.22. The number of aromatic nitrogens is 1. The van der Waals surface area contributed by atoms with Crippen molar-refractivity contribution in [3.8, 4) is 0 Å². The number of nitrogens with zero attached hydrogens (tertiary/aromatic N) is 1. The molecule has 1 aromatic heterocycles. The number of pyridine rings is 1.